The van der Waals surface area contributed by atoms with Gasteiger partial charge in [0.1, 0.15) is 11.4 Å². The fourth-order valence-corrected chi connectivity index (χ4v) is 6.74. The summed E-state index contributed by atoms with van der Waals surface area (Å²) in [5.41, 5.74) is 1.89. The van der Waals surface area contributed by atoms with E-state index in [-0.39, 0.29) is 15.6 Å². The van der Waals surface area contributed by atoms with E-state index in [1.807, 2.05) is 91.0 Å². The number of nitrogens with one attached hydrogen (secondary N) is 1. The standard InChI is InChI=1S/C32H22FIN4O3S/c33-25-17-10-18-26(19-25)42(40,41)27-20-28-29(36-31(34)39)37-38(30(28)35-21-27)32(22-11-4-1-5-12-22,23-13-6-2-7-14-23)24-15-8-3-9-16-24/h1-21H,(H,36,37,39). The summed E-state index contributed by atoms with van der Waals surface area (Å²) in [6, 6.07) is 35.6. The van der Waals surface area contributed by atoms with Crippen molar-refractivity contribution in [3.8, 4) is 0 Å². The summed E-state index contributed by atoms with van der Waals surface area (Å²) in [7, 11) is -4.13. The Kier molecular flexibility index (Phi) is 7.33. The number of nitrogens with zero attached hydrogens (tertiary/aromatic N) is 3. The second-order valence-corrected chi connectivity index (χ2v) is 12.4. The molecule has 0 saturated carbocycles. The first-order chi connectivity index (χ1) is 20.3. The smallest absolute Gasteiger partial charge is 0.286 e. The summed E-state index contributed by atoms with van der Waals surface area (Å²) in [6.07, 6.45) is 1.24. The molecule has 1 amide bonds. The van der Waals surface area contributed by atoms with Crippen LogP contribution in [0.1, 0.15) is 16.7 Å². The van der Waals surface area contributed by atoms with Crippen molar-refractivity contribution >= 4 is 53.2 Å². The highest BCUT2D eigenvalue weighted by Crippen LogP contribution is 2.43. The lowest BCUT2D eigenvalue weighted by Gasteiger charge is -2.36. The normalized spacial score (nSPS) is 11.9. The highest BCUT2D eigenvalue weighted by atomic mass is 127. The lowest BCUT2D eigenvalue weighted by Crippen LogP contribution is -2.38. The highest BCUT2D eigenvalue weighted by Gasteiger charge is 2.41. The Balaban J connectivity index is 1.71. The highest BCUT2D eigenvalue weighted by molar-refractivity contribution is 14.1. The summed E-state index contributed by atoms with van der Waals surface area (Å²) in [4.78, 5) is 16.6. The number of carbonyl (C=O) groups excluding carboxylic acids is 1. The van der Waals surface area contributed by atoms with Gasteiger partial charge in [0.25, 0.3) is 3.91 Å². The van der Waals surface area contributed by atoms with Gasteiger partial charge in [-0.15, -0.1) is 0 Å². The third-order valence-electron chi connectivity index (χ3n) is 7.02. The van der Waals surface area contributed by atoms with E-state index < -0.39 is 25.1 Å². The maximum absolute atomic E-state index is 14.0. The average Bonchev–Trinajstić information content (AvgIpc) is 3.36. The van der Waals surface area contributed by atoms with Crippen molar-refractivity contribution < 1.29 is 17.6 Å². The zero-order valence-electron chi connectivity index (χ0n) is 21.9. The number of hydrogen-bond donors (Lipinski definition) is 1. The Bertz CT molecular complexity index is 1920. The van der Waals surface area contributed by atoms with Crippen molar-refractivity contribution in [2.24, 2.45) is 0 Å². The molecule has 2 heterocycles. The van der Waals surface area contributed by atoms with Gasteiger partial charge in [0.15, 0.2) is 11.5 Å². The van der Waals surface area contributed by atoms with Gasteiger partial charge in [-0.1, -0.05) is 97.1 Å². The predicted octanol–water partition coefficient (Wildman–Crippen LogP) is 7.21. The fraction of sp³-hybridized carbons (Fsp3) is 0.0312. The van der Waals surface area contributed by atoms with E-state index in [1.54, 1.807) is 27.3 Å². The number of rotatable bonds is 7. The second-order valence-electron chi connectivity index (χ2n) is 9.47. The van der Waals surface area contributed by atoms with E-state index in [1.165, 1.54) is 30.5 Å². The largest absolute Gasteiger partial charge is 0.300 e. The molecule has 2 aromatic heterocycles. The summed E-state index contributed by atoms with van der Waals surface area (Å²) in [6.45, 7) is 0. The van der Waals surface area contributed by atoms with E-state index >= 15 is 0 Å². The number of hydrogen-bond acceptors (Lipinski definition) is 5. The van der Waals surface area contributed by atoms with Crippen LogP contribution in [0.25, 0.3) is 11.0 Å². The first-order valence-electron chi connectivity index (χ1n) is 12.8. The Hall–Kier alpha value is -4.42. The van der Waals surface area contributed by atoms with Crippen LogP contribution in [0.2, 0.25) is 0 Å². The Morgan fingerprint density at radius 2 is 1.31 bits per heavy atom. The summed E-state index contributed by atoms with van der Waals surface area (Å²) in [5.74, 6) is -0.533. The number of amides is 1. The quantitative estimate of drug-likeness (QED) is 0.0829. The minimum Gasteiger partial charge on any atom is -0.300 e. The number of pyridine rings is 1. The van der Waals surface area contributed by atoms with Crippen molar-refractivity contribution in [1.29, 1.82) is 0 Å². The van der Waals surface area contributed by atoms with Crippen LogP contribution >= 0.6 is 22.6 Å². The summed E-state index contributed by atoms with van der Waals surface area (Å²) in [5, 5.41) is 7.96. The number of fused-ring (bicyclic) bond motifs is 1. The molecule has 0 unspecified atom stereocenters. The Morgan fingerprint density at radius 3 is 1.81 bits per heavy atom. The van der Waals surface area contributed by atoms with Crippen LogP contribution in [0.4, 0.5) is 15.0 Å². The first kappa shape index (κ1) is 27.7. The number of benzene rings is 4. The van der Waals surface area contributed by atoms with Gasteiger partial charge in [0, 0.05) is 28.8 Å². The lowest BCUT2D eigenvalue weighted by atomic mass is 9.77. The average molecular weight is 689 g/mol. The van der Waals surface area contributed by atoms with Crippen LogP contribution in [0, 0.1) is 5.82 Å². The van der Waals surface area contributed by atoms with E-state index in [0.29, 0.717) is 11.0 Å². The molecular weight excluding hydrogens is 666 g/mol. The molecule has 0 saturated heterocycles. The number of anilines is 1. The zero-order valence-corrected chi connectivity index (χ0v) is 24.8. The third kappa shape index (κ3) is 4.76. The molecule has 0 radical (unpaired) electrons. The Labute approximate surface area is 255 Å². The predicted molar refractivity (Wildman–Crippen MR) is 167 cm³/mol. The maximum Gasteiger partial charge on any atom is 0.286 e. The summed E-state index contributed by atoms with van der Waals surface area (Å²) < 4.78 is 42.3. The molecule has 0 fully saturated rings. The van der Waals surface area contributed by atoms with Crippen LogP contribution in [-0.4, -0.2) is 27.1 Å². The molecule has 4 aromatic carbocycles. The van der Waals surface area contributed by atoms with Crippen molar-refractivity contribution in [1.82, 2.24) is 14.8 Å². The van der Waals surface area contributed by atoms with Gasteiger partial charge in [-0.3, -0.25) is 10.1 Å². The molecule has 10 heteroatoms. The summed E-state index contributed by atoms with van der Waals surface area (Å²) >= 11 is 1.60. The van der Waals surface area contributed by atoms with Gasteiger partial charge in [-0.25, -0.2) is 22.5 Å². The number of sulfone groups is 1. The van der Waals surface area contributed by atoms with E-state index in [0.717, 1.165) is 22.8 Å². The van der Waals surface area contributed by atoms with Crippen LogP contribution in [0.3, 0.4) is 0 Å². The van der Waals surface area contributed by atoms with E-state index in [2.05, 4.69) is 10.3 Å². The van der Waals surface area contributed by atoms with Gasteiger partial charge >= 0.3 is 0 Å². The fourth-order valence-electron chi connectivity index (χ4n) is 5.22. The number of aromatic nitrogens is 3. The van der Waals surface area contributed by atoms with Crippen molar-refractivity contribution in [2.75, 3.05) is 5.32 Å². The molecule has 0 aliphatic carbocycles. The molecule has 6 rings (SSSR count). The van der Waals surface area contributed by atoms with Gasteiger partial charge in [-0.2, -0.15) is 5.10 Å². The van der Waals surface area contributed by atoms with Crippen LogP contribution in [-0.2, 0) is 15.4 Å². The third-order valence-corrected chi connectivity index (χ3v) is 9.01. The SMILES string of the molecule is O=C(I)Nc1nn(C(c2ccccc2)(c2ccccc2)c2ccccc2)c2ncc(S(=O)(=O)c3cccc(F)c3)cc12. The van der Waals surface area contributed by atoms with Crippen molar-refractivity contribution in [3.63, 3.8) is 0 Å². The van der Waals surface area contributed by atoms with E-state index in [9.17, 15) is 17.6 Å². The number of halogens is 2. The van der Waals surface area contributed by atoms with Gasteiger partial charge in [-0.05, 0) is 41.0 Å². The van der Waals surface area contributed by atoms with Crippen LogP contribution in [0.15, 0.2) is 137 Å². The van der Waals surface area contributed by atoms with Crippen LogP contribution in [0.5, 0.6) is 0 Å². The molecule has 0 bridgehead atoms. The van der Waals surface area contributed by atoms with Crippen molar-refractivity contribution in [3.05, 3.63) is 150 Å². The van der Waals surface area contributed by atoms with Crippen LogP contribution < -0.4 is 5.32 Å². The molecule has 42 heavy (non-hydrogen) atoms. The molecule has 1 N–H and O–H groups in total. The minimum absolute atomic E-state index is 0.139. The monoisotopic (exact) mass is 688 g/mol. The molecule has 0 aliphatic heterocycles. The topological polar surface area (TPSA) is 93.9 Å². The second kappa shape index (κ2) is 11.1. The van der Waals surface area contributed by atoms with Gasteiger partial charge in [0.2, 0.25) is 9.84 Å². The van der Waals surface area contributed by atoms with Crippen molar-refractivity contribution in [2.45, 2.75) is 15.3 Å². The molecule has 7 nitrogen and oxygen atoms in total. The molecule has 208 valence electrons. The molecular formula is C32H22FIN4O3S. The minimum atomic E-state index is -4.13. The first-order valence-corrected chi connectivity index (χ1v) is 15.4. The van der Waals surface area contributed by atoms with Gasteiger partial charge < -0.3 is 0 Å². The zero-order chi connectivity index (χ0) is 29.3. The van der Waals surface area contributed by atoms with Gasteiger partial charge in [0.05, 0.1) is 15.2 Å². The molecule has 0 aliphatic rings. The molecule has 6 aromatic rings. The lowest BCUT2D eigenvalue weighted by molar-refractivity contribution is 0.271. The molecule has 0 spiro atoms. The Morgan fingerprint density at radius 1 is 0.762 bits per heavy atom. The molecule has 0 atom stereocenters. The number of carbonyl (C=O) groups is 1. The maximum atomic E-state index is 14.0. The van der Waals surface area contributed by atoms with E-state index in [4.69, 9.17) is 5.10 Å².